The largest absolute Gasteiger partial charge is 0.467 e. The van der Waals surface area contributed by atoms with Crippen LogP contribution in [0.5, 0.6) is 0 Å². The van der Waals surface area contributed by atoms with Gasteiger partial charge in [0, 0.05) is 25.4 Å². The van der Waals surface area contributed by atoms with Gasteiger partial charge in [0.25, 0.3) is 0 Å². The second-order valence-electron chi connectivity index (χ2n) is 3.83. The molecular formula is C10H15N3O6. The molecule has 1 aliphatic heterocycles. The van der Waals surface area contributed by atoms with Gasteiger partial charge in [-0.1, -0.05) is 5.11 Å². The van der Waals surface area contributed by atoms with Crippen molar-refractivity contribution < 1.29 is 28.5 Å². The first-order chi connectivity index (χ1) is 9.03. The molecule has 106 valence electrons. The third kappa shape index (κ3) is 3.82. The monoisotopic (exact) mass is 273 g/mol. The van der Waals surface area contributed by atoms with Gasteiger partial charge in [0.15, 0.2) is 12.4 Å². The lowest BCUT2D eigenvalue weighted by Crippen LogP contribution is -2.53. The summed E-state index contributed by atoms with van der Waals surface area (Å²) < 4.78 is 19.9. The first-order valence-corrected chi connectivity index (χ1v) is 5.51. The Kier molecular flexibility index (Phi) is 5.56. The second-order valence-corrected chi connectivity index (χ2v) is 3.83. The molecule has 0 aromatic rings. The molecule has 1 saturated heterocycles. The van der Waals surface area contributed by atoms with E-state index in [1.165, 1.54) is 21.1 Å². The Morgan fingerprint density at radius 2 is 2.11 bits per heavy atom. The van der Waals surface area contributed by atoms with E-state index in [1.54, 1.807) is 0 Å². The second kappa shape index (κ2) is 6.93. The zero-order chi connectivity index (χ0) is 14.4. The maximum absolute atomic E-state index is 11.6. The molecule has 0 bridgehead atoms. The van der Waals surface area contributed by atoms with Crippen molar-refractivity contribution in [3.63, 3.8) is 0 Å². The van der Waals surface area contributed by atoms with Crippen LogP contribution in [0.1, 0.15) is 13.3 Å². The smallest absolute Gasteiger partial charge is 0.339 e. The average molecular weight is 273 g/mol. The predicted octanol–water partition coefficient (Wildman–Crippen LogP) is 0.531. The minimum atomic E-state index is -1.19. The van der Waals surface area contributed by atoms with Gasteiger partial charge in [0.1, 0.15) is 6.10 Å². The number of carbonyl (C=O) groups is 2. The third-order valence-corrected chi connectivity index (χ3v) is 2.61. The first-order valence-electron chi connectivity index (χ1n) is 5.51. The van der Waals surface area contributed by atoms with Crippen molar-refractivity contribution in [3.05, 3.63) is 10.4 Å². The fourth-order valence-corrected chi connectivity index (χ4v) is 1.80. The zero-order valence-corrected chi connectivity index (χ0v) is 10.8. The molecule has 0 amide bonds. The Labute approximate surface area is 109 Å². The van der Waals surface area contributed by atoms with E-state index in [9.17, 15) is 9.59 Å². The number of methoxy groups -OCH3 is 2. The highest BCUT2D eigenvalue weighted by Gasteiger charge is 2.45. The topological polar surface area (TPSA) is 120 Å². The molecule has 0 unspecified atom stereocenters. The highest BCUT2D eigenvalue weighted by atomic mass is 16.7. The fourth-order valence-electron chi connectivity index (χ4n) is 1.80. The molecule has 0 N–H and O–H groups in total. The molecule has 9 nitrogen and oxygen atoms in total. The Balaban J connectivity index is 3.01. The molecule has 0 aliphatic carbocycles. The summed E-state index contributed by atoms with van der Waals surface area (Å²) in [6.07, 6.45) is -2.80. The maximum atomic E-state index is 11.6. The Bertz CT molecular complexity index is 395. The Morgan fingerprint density at radius 1 is 1.42 bits per heavy atom. The number of rotatable bonds is 4. The van der Waals surface area contributed by atoms with Gasteiger partial charge in [-0.3, -0.25) is 4.79 Å². The molecule has 1 fully saturated rings. The molecular weight excluding hydrogens is 258 g/mol. The maximum Gasteiger partial charge on any atom is 0.339 e. The van der Waals surface area contributed by atoms with Crippen molar-refractivity contribution in [3.8, 4) is 0 Å². The summed E-state index contributed by atoms with van der Waals surface area (Å²) in [5, 5.41) is 3.52. The van der Waals surface area contributed by atoms with Crippen LogP contribution in [-0.4, -0.2) is 50.7 Å². The lowest BCUT2D eigenvalue weighted by Gasteiger charge is -2.37. The molecule has 0 spiro atoms. The highest BCUT2D eigenvalue weighted by molar-refractivity contribution is 5.76. The minimum Gasteiger partial charge on any atom is -0.467 e. The molecule has 1 heterocycles. The summed E-state index contributed by atoms with van der Waals surface area (Å²) in [4.78, 5) is 25.4. The standard InChI is InChI=1S/C10H15N3O6/c1-5(14)18-8-6(12-13-11)4-7(16-2)19-9(8)10(15)17-3/h6-9H,4H2,1-3H3/t6-,7+,8-,9-/m0/s1. The zero-order valence-electron chi connectivity index (χ0n) is 10.8. The Morgan fingerprint density at radius 3 is 2.58 bits per heavy atom. The molecule has 0 aromatic carbocycles. The lowest BCUT2D eigenvalue weighted by molar-refractivity contribution is -0.231. The van der Waals surface area contributed by atoms with E-state index >= 15 is 0 Å². The molecule has 1 aliphatic rings. The fraction of sp³-hybridized carbons (Fsp3) is 0.800. The van der Waals surface area contributed by atoms with Crippen LogP contribution in [0.25, 0.3) is 10.4 Å². The van der Waals surface area contributed by atoms with Crippen LogP contribution in [0.3, 0.4) is 0 Å². The first kappa shape index (κ1) is 15.2. The van der Waals surface area contributed by atoms with Gasteiger partial charge in [-0.2, -0.15) is 0 Å². The number of carbonyl (C=O) groups excluding carboxylic acids is 2. The van der Waals surface area contributed by atoms with Crippen molar-refractivity contribution in [1.29, 1.82) is 0 Å². The van der Waals surface area contributed by atoms with Gasteiger partial charge < -0.3 is 18.9 Å². The van der Waals surface area contributed by atoms with Gasteiger partial charge in [-0.05, 0) is 5.53 Å². The number of ether oxygens (including phenoxy) is 4. The summed E-state index contributed by atoms with van der Waals surface area (Å²) in [6, 6.07) is -0.767. The highest BCUT2D eigenvalue weighted by Crippen LogP contribution is 2.26. The summed E-state index contributed by atoms with van der Waals surface area (Å²) in [7, 11) is 2.56. The predicted molar refractivity (Wildman–Crippen MR) is 60.8 cm³/mol. The lowest BCUT2D eigenvalue weighted by atomic mass is 9.99. The van der Waals surface area contributed by atoms with Crippen LogP contribution in [0.4, 0.5) is 0 Å². The van der Waals surface area contributed by atoms with Crippen LogP contribution in [0, 0.1) is 0 Å². The molecule has 4 atom stereocenters. The Hall–Kier alpha value is -1.83. The van der Waals surface area contributed by atoms with Crippen LogP contribution in [-0.2, 0) is 28.5 Å². The van der Waals surface area contributed by atoms with Crippen LogP contribution >= 0.6 is 0 Å². The van der Waals surface area contributed by atoms with Crippen molar-refractivity contribution >= 4 is 11.9 Å². The quantitative estimate of drug-likeness (QED) is 0.319. The van der Waals surface area contributed by atoms with Crippen LogP contribution in [0.2, 0.25) is 0 Å². The number of azide groups is 1. The van der Waals surface area contributed by atoms with Crippen LogP contribution in [0.15, 0.2) is 5.11 Å². The van der Waals surface area contributed by atoms with Crippen molar-refractivity contribution in [1.82, 2.24) is 0 Å². The van der Waals surface area contributed by atoms with Gasteiger partial charge in [-0.15, -0.1) is 0 Å². The number of hydrogen-bond donors (Lipinski definition) is 0. The summed E-state index contributed by atoms with van der Waals surface area (Å²) in [6.45, 7) is 1.18. The van der Waals surface area contributed by atoms with E-state index in [0.29, 0.717) is 0 Å². The summed E-state index contributed by atoms with van der Waals surface area (Å²) >= 11 is 0. The summed E-state index contributed by atoms with van der Waals surface area (Å²) in [5.41, 5.74) is 8.53. The molecule has 0 radical (unpaired) electrons. The molecule has 0 saturated carbocycles. The minimum absolute atomic E-state index is 0.173. The molecule has 19 heavy (non-hydrogen) atoms. The van der Waals surface area contributed by atoms with Gasteiger partial charge >= 0.3 is 11.9 Å². The molecule has 9 heteroatoms. The van der Waals surface area contributed by atoms with E-state index in [-0.39, 0.29) is 6.42 Å². The third-order valence-electron chi connectivity index (χ3n) is 2.61. The number of nitrogens with zero attached hydrogens (tertiary/aromatic N) is 3. The van der Waals surface area contributed by atoms with E-state index in [2.05, 4.69) is 14.8 Å². The molecule has 0 aromatic heterocycles. The normalized spacial score (nSPS) is 30.1. The van der Waals surface area contributed by atoms with E-state index < -0.39 is 36.5 Å². The van der Waals surface area contributed by atoms with Crippen molar-refractivity contribution in [2.45, 2.75) is 37.9 Å². The van der Waals surface area contributed by atoms with E-state index in [0.717, 1.165) is 0 Å². The van der Waals surface area contributed by atoms with Crippen molar-refractivity contribution in [2.75, 3.05) is 14.2 Å². The van der Waals surface area contributed by atoms with Crippen molar-refractivity contribution in [2.24, 2.45) is 5.11 Å². The number of hydrogen-bond acceptors (Lipinski definition) is 7. The number of esters is 2. The van der Waals surface area contributed by atoms with Crippen LogP contribution < -0.4 is 0 Å². The molecule has 1 rings (SSSR count). The van der Waals surface area contributed by atoms with Gasteiger partial charge in [0.05, 0.1) is 13.2 Å². The van der Waals surface area contributed by atoms with E-state index in [4.69, 9.17) is 19.7 Å². The SMILES string of the molecule is COC(=O)[C@H]1O[C@@H](OC)C[C@H](N=[N+]=[N-])[C@@H]1OC(C)=O. The average Bonchev–Trinajstić information content (AvgIpc) is 2.39. The van der Waals surface area contributed by atoms with Gasteiger partial charge in [0.2, 0.25) is 0 Å². The van der Waals surface area contributed by atoms with Gasteiger partial charge in [-0.25, -0.2) is 4.79 Å². The van der Waals surface area contributed by atoms with E-state index in [1.807, 2.05) is 0 Å². The summed E-state index contributed by atoms with van der Waals surface area (Å²) in [5.74, 6) is -1.34.